The Balaban J connectivity index is 2.25. The third kappa shape index (κ3) is 2.95. The zero-order chi connectivity index (χ0) is 14.9. The second-order valence-electron chi connectivity index (χ2n) is 5.06. The van der Waals surface area contributed by atoms with Crippen molar-refractivity contribution in [1.29, 1.82) is 0 Å². The maximum atomic E-state index is 5.46. The van der Waals surface area contributed by atoms with Gasteiger partial charge in [-0.15, -0.1) is 20.4 Å². The molecule has 0 radical (unpaired) electrons. The van der Waals surface area contributed by atoms with Crippen molar-refractivity contribution in [2.24, 2.45) is 0 Å². The van der Waals surface area contributed by atoms with Gasteiger partial charge in [-0.3, -0.25) is 4.57 Å². The fourth-order valence-corrected chi connectivity index (χ4v) is 2.80. The lowest BCUT2D eigenvalue weighted by Crippen LogP contribution is -2.17. The highest BCUT2D eigenvalue weighted by Gasteiger charge is 2.21. The lowest BCUT2D eigenvalue weighted by Gasteiger charge is -2.18. The highest BCUT2D eigenvalue weighted by atomic mass is 32.2. The van der Waals surface area contributed by atoms with Crippen LogP contribution in [0.4, 0.5) is 5.95 Å². The van der Waals surface area contributed by atoms with Crippen LogP contribution in [0.5, 0.6) is 0 Å². The van der Waals surface area contributed by atoms with Gasteiger partial charge in [-0.1, -0.05) is 11.8 Å². The molecular weight excluding hydrogens is 276 g/mol. The second kappa shape index (κ2) is 5.82. The van der Waals surface area contributed by atoms with Crippen molar-refractivity contribution in [3.05, 3.63) is 11.8 Å². The Morgan fingerprint density at radius 2 is 1.80 bits per heavy atom. The van der Waals surface area contributed by atoms with E-state index in [1.54, 1.807) is 18.7 Å². The zero-order valence-electron chi connectivity index (χ0n) is 12.7. The van der Waals surface area contributed by atoms with Crippen molar-refractivity contribution in [1.82, 2.24) is 25.0 Å². The Hall–Kier alpha value is -1.57. The number of aryl methyl sites for hydroxylation is 1. The lowest BCUT2D eigenvalue weighted by atomic mass is 10.4. The summed E-state index contributed by atoms with van der Waals surface area (Å²) in [6.45, 7) is 8.03. The number of aromatic nitrogens is 5. The third-order valence-corrected chi connectivity index (χ3v) is 3.78. The molecule has 0 aliphatic carbocycles. The van der Waals surface area contributed by atoms with E-state index in [4.69, 9.17) is 4.42 Å². The molecule has 0 aromatic carbocycles. The molecule has 0 aliphatic rings. The van der Waals surface area contributed by atoms with Gasteiger partial charge in [0.05, 0.1) is 5.25 Å². The standard InChI is InChI=1S/C12H20N6OS/c1-7(2)18-11(17(5)6)15-16-12(18)20-8(3)10-14-13-9(4)19-10/h7-8H,1-6H3. The van der Waals surface area contributed by atoms with Crippen LogP contribution in [-0.4, -0.2) is 39.1 Å². The summed E-state index contributed by atoms with van der Waals surface area (Å²) in [6.07, 6.45) is 0. The Bertz CT molecular complexity index is 576. The summed E-state index contributed by atoms with van der Waals surface area (Å²) in [5.74, 6) is 2.03. The van der Waals surface area contributed by atoms with Crippen molar-refractivity contribution in [3.8, 4) is 0 Å². The first-order valence-corrected chi connectivity index (χ1v) is 7.37. The fourth-order valence-electron chi connectivity index (χ4n) is 1.79. The predicted molar refractivity (Wildman–Crippen MR) is 78.0 cm³/mol. The van der Waals surface area contributed by atoms with Crippen LogP contribution in [-0.2, 0) is 0 Å². The average Bonchev–Trinajstić information content (AvgIpc) is 2.95. The number of hydrogen-bond donors (Lipinski definition) is 0. The number of hydrogen-bond acceptors (Lipinski definition) is 7. The summed E-state index contributed by atoms with van der Waals surface area (Å²) < 4.78 is 7.56. The molecule has 0 amide bonds. The van der Waals surface area contributed by atoms with Gasteiger partial charge in [0.15, 0.2) is 5.16 Å². The van der Waals surface area contributed by atoms with Crippen LogP contribution in [0.1, 0.15) is 43.8 Å². The van der Waals surface area contributed by atoms with Gasteiger partial charge in [-0.25, -0.2) is 0 Å². The van der Waals surface area contributed by atoms with Crippen LogP contribution in [0.25, 0.3) is 0 Å². The van der Waals surface area contributed by atoms with Gasteiger partial charge in [0.25, 0.3) is 0 Å². The smallest absolute Gasteiger partial charge is 0.229 e. The van der Waals surface area contributed by atoms with Gasteiger partial charge in [-0.2, -0.15) is 0 Å². The van der Waals surface area contributed by atoms with Crippen molar-refractivity contribution in [2.45, 2.75) is 44.1 Å². The molecule has 2 aromatic heterocycles. The minimum atomic E-state index is 0.0351. The maximum Gasteiger partial charge on any atom is 0.229 e. The van der Waals surface area contributed by atoms with E-state index in [1.165, 1.54) is 0 Å². The largest absolute Gasteiger partial charge is 0.424 e. The zero-order valence-corrected chi connectivity index (χ0v) is 13.5. The molecule has 2 heterocycles. The summed E-state index contributed by atoms with van der Waals surface area (Å²) in [5.41, 5.74) is 0. The van der Waals surface area contributed by atoms with Gasteiger partial charge in [0, 0.05) is 27.1 Å². The van der Waals surface area contributed by atoms with E-state index in [9.17, 15) is 0 Å². The van der Waals surface area contributed by atoms with Gasteiger partial charge in [0.2, 0.25) is 17.7 Å². The Labute approximate surface area is 122 Å². The Morgan fingerprint density at radius 3 is 2.30 bits per heavy atom. The van der Waals surface area contributed by atoms with Crippen molar-refractivity contribution in [2.75, 3.05) is 19.0 Å². The summed E-state index contributed by atoms with van der Waals surface area (Å²) in [6, 6.07) is 0.279. The molecule has 2 aromatic rings. The molecular formula is C12H20N6OS. The molecule has 0 spiro atoms. The third-order valence-electron chi connectivity index (χ3n) is 2.73. The molecule has 0 aliphatic heterocycles. The minimum Gasteiger partial charge on any atom is -0.424 e. The van der Waals surface area contributed by atoms with E-state index in [-0.39, 0.29) is 11.3 Å². The number of rotatable bonds is 5. The van der Waals surface area contributed by atoms with E-state index in [0.717, 1.165) is 11.1 Å². The SMILES string of the molecule is Cc1nnc(C(C)Sc2nnc(N(C)C)n2C(C)C)o1. The minimum absolute atomic E-state index is 0.0351. The average molecular weight is 296 g/mol. The monoisotopic (exact) mass is 296 g/mol. The molecule has 1 atom stereocenters. The fraction of sp³-hybridized carbons (Fsp3) is 0.667. The summed E-state index contributed by atoms with van der Waals surface area (Å²) >= 11 is 1.57. The van der Waals surface area contributed by atoms with Crippen molar-refractivity contribution >= 4 is 17.7 Å². The van der Waals surface area contributed by atoms with Crippen molar-refractivity contribution < 1.29 is 4.42 Å². The van der Waals surface area contributed by atoms with E-state index in [0.29, 0.717) is 11.8 Å². The van der Waals surface area contributed by atoms with Gasteiger partial charge in [0.1, 0.15) is 0 Å². The second-order valence-corrected chi connectivity index (χ2v) is 6.37. The van der Waals surface area contributed by atoms with E-state index >= 15 is 0 Å². The summed E-state index contributed by atoms with van der Waals surface area (Å²) in [5, 5.41) is 17.3. The van der Waals surface area contributed by atoms with Crippen LogP contribution < -0.4 is 4.90 Å². The Morgan fingerprint density at radius 1 is 1.10 bits per heavy atom. The molecule has 8 heteroatoms. The normalized spacial score (nSPS) is 12.9. The van der Waals surface area contributed by atoms with Crippen LogP contribution in [0.3, 0.4) is 0 Å². The quantitative estimate of drug-likeness (QED) is 0.785. The van der Waals surface area contributed by atoms with Crippen LogP contribution in [0.2, 0.25) is 0 Å². The first-order valence-electron chi connectivity index (χ1n) is 6.49. The maximum absolute atomic E-state index is 5.46. The van der Waals surface area contributed by atoms with Gasteiger partial charge in [-0.05, 0) is 20.8 Å². The summed E-state index contributed by atoms with van der Waals surface area (Å²) in [4.78, 5) is 1.96. The van der Waals surface area contributed by atoms with Crippen molar-refractivity contribution in [3.63, 3.8) is 0 Å². The molecule has 0 fully saturated rings. The lowest BCUT2D eigenvalue weighted by molar-refractivity contribution is 0.469. The predicted octanol–water partition coefficient (Wildman–Crippen LogP) is 2.47. The van der Waals surface area contributed by atoms with Gasteiger partial charge < -0.3 is 9.32 Å². The highest BCUT2D eigenvalue weighted by molar-refractivity contribution is 7.99. The molecule has 110 valence electrons. The molecule has 0 N–H and O–H groups in total. The van der Waals surface area contributed by atoms with Gasteiger partial charge >= 0.3 is 0 Å². The molecule has 1 unspecified atom stereocenters. The first kappa shape index (κ1) is 14.8. The number of anilines is 1. The number of nitrogens with zero attached hydrogens (tertiary/aromatic N) is 6. The van der Waals surface area contributed by atoms with E-state index < -0.39 is 0 Å². The first-order chi connectivity index (χ1) is 9.40. The molecule has 7 nitrogen and oxygen atoms in total. The topological polar surface area (TPSA) is 72.9 Å². The molecule has 0 saturated carbocycles. The van der Waals surface area contributed by atoms with Crippen LogP contribution in [0, 0.1) is 6.92 Å². The van der Waals surface area contributed by atoms with Crippen LogP contribution in [0.15, 0.2) is 9.57 Å². The van der Waals surface area contributed by atoms with E-state index in [2.05, 4.69) is 38.8 Å². The molecule has 20 heavy (non-hydrogen) atoms. The molecule has 0 bridgehead atoms. The molecule has 0 saturated heterocycles. The number of thioether (sulfide) groups is 1. The van der Waals surface area contributed by atoms with E-state index in [1.807, 2.05) is 25.9 Å². The van der Waals surface area contributed by atoms with Crippen LogP contribution >= 0.6 is 11.8 Å². The summed E-state index contributed by atoms with van der Waals surface area (Å²) in [7, 11) is 3.92. The molecule has 2 rings (SSSR count). The highest BCUT2D eigenvalue weighted by Crippen LogP contribution is 2.35. The Kier molecular flexibility index (Phi) is 4.32.